The highest BCUT2D eigenvalue weighted by atomic mass is 19.1. The van der Waals surface area contributed by atoms with Crippen molar-refractivity contribution < 1.29 is 14.0 Å². The molecule has 1 aromatic heterocycles. The molecule has 1 atom stereocenters. The van der Waals surface area contributed by atoms with E-state index in [1.165, 1.54) is 6.07 Å². The Morgan fingerprint density at radius 1 is 0.972 bits per heavy atom. The van der Waals surface area contributed by atoms with Crippen molar-refractivity contribution in [3.05, 3.63) is 66.2 Å². The van der Waals surface area contributed by atoms with Gasteiger partial charge in [0.1, 0.15) is 11.4 Å². The Bertz CT molecular complexity index is 1420. The fourth-order valence-corrected chi connectivity index (χ4v) is 5.63. The molecule has 0 bridgehead atoms. The summed E-state index contributed by atoms with van der Waals surface area (Å²) >= 11 is 0. The lowest BCUT2D eigenvalue weighted by Gasteiger charge is -2.23. The largest absolute Gasteiger partial charge is 0.342 e. The van der Waals surface area contributed by atoms with Gasteiger partial charge in [-0.15, -0.1) is 0 Å². The highest BCUT2D eigenvalue weighted by Gasteiger charge is 2.57. The maximum atomic E-state index is 13.6. The molecule has 3 fully saturated rings. The van der Waals surface area contributed by atoms with Gasteiger partial charge < -0.3 is 4.90 Å². The molecule has 1 saturated heterocycles. The van der Waals surface area contributed by atoms with Crippen LogP contribution < -0.4 is 0 Å². The molecular weight excluding hydrogens is 455 g/mol. The van der Waals surface area contributed by atoms with E-state index in [1.54, 1.807) is 6.20 Å². The number of carbonyl (C=O) groups excluding carboxylic acids is 2. The van der Waals surface area contributed by atoms with Crippen molar-refractivity contribution in [3.63, 3.8) is 0 Å². The minimum absolute atomic E-state index is 0.110. The van der Waals surface area contributed by atoms with Crippen LogP contribution in [0.25, 0.3) is 21.9 Å². The standard InChI is InChI=1S/C29H27FN4O2/c30-25-14-24-13-22(7-8-23(24)15-31-25)19-1-3-20(4-2-19)26-32-29(10-11-29)28(36)34(26)17-18-9-12-33(16-18)27(35)21-5-6-21/h1-4,7-8,13-15,18,21H,5-6,9-12,16-17H2. The number of pyridine rings is 1. The highest BCUT2D eigenvalue weighted by Crippen LogP contribution is 2.46. The van der Waals surface area contributed by atoms with Crippen LogP contribution >= 0.6 is 0 Å². The van der Waals surface area contributed by atoms with Crippen LogP contribution in [-0.4, -0.2) is 57.6 Å². The smallest absolute Gasteiger partial charge is 0.256 e. The maximum absolute atomic E-state index is 13.6. The summed E-state index contributed by atoms with van der Waals surface area (Å²) in [4.78, 5) is 38.3. The Balaban J connectivity index is 1.12. The van der Waals surface area contributed by atoms with Gasteiger partial charge in [-0.05, 0) is 60.6 Å². The third-order valence-electron chi connectivity index (χ3n) is 8.07. The summed E-state index contributed by atoms with van der Waals surface area (Å²) in [6, 6.07) is 15.5. The number of carbonyl (C=O) groups is 2. The van der Waals surface area contributed by atoms with Crippen LogP contribution in [0.15, 0.2) is 59.7 Å². The number of fused-ring (bicyclic) bond motifs is 1. The van der Waals surface area contributed by atoms with Crippen LogP contribution in [0.1, 0.15) is 37.7 Å². The van der Waals surface area contributed by atoms with Gasteiger partial charge in [-0.25, -0.2) is 4.98 Å². The second kappa shape index (κ2) is 7.95. The molecule has 2 aliphatic heterocycles. The predicted molar refractivity (Wildman–Crippen MR) is 135 cm³/mol. The first-order valence-electron chi connectivity index (χ1n) is 12.9. The number of hydrogen-bond acceptors (Lipinski definition) is 4. The fourth-order valence-electron chi connectivity index (χ4n) is 5.63. The molecule has 4 aliphatic rings. The summed E-state index contributed by atoms with van der Waals surface area (Å²) in [7, 11) is 0. The van der Waals surface area contributed by atoms with Crippen LogP contribution in [0.5, 0.6) is 0 Å². The highest BCUT2D eigenvalue weighted by molar-refractivity contribution is 6.16. The minimum Gasteiger partial charge on any atom is -0.342 e. The Labute approximate surface area is 208 Å². The lowest BCUT2D eigenvalue weighted by molar-refractivity contribution is -0.131. The number of nitrogens with zero attached hydrogens (tertiary/aromatic N) is 4. The van der Waals surface area contributed by atoms with Gasteiger partial charge in [-0.1, -0.05) is 36.4 Å². The molecule has 182 valence electrons. The zero-order valence-corrected chi connectivity index (χ0v) is 20.0. The SMILES string of the molecule is O=C(C1CC1)N1CCC(CN2C(=O)C3(CC3)N=C2c2ccc(-c3ccc4cnc(F)cc4c3)cc2)C1. The first-order valence-corrected chi connectivity index (χ1v) is 12.9. The predicted octanol–water partition coefficient (Wildman–Crippen LogP) is 4.42. The molecule has 2 saturated carbocycles. The van der Waals surface area contributed by atoms with Gasteiger partial charge in [0.05, 0.1) is 0 Å². The van der Waals surface area contributed by atoms with Gasteiger partial charge in [0.2, 0.25) is 11.9 Å². The molecule has 1 spiro atoms. The van der Waals surface area contributed by atoms with Gasteiger partial charge in [-0.2, -0.15) is 4.39 Å². The lowest BCUT2D eigenvalue weighted by atomic mass is 10.0. The zero-order valence-electron chi connectivity index (χ0n) is 20.0. The molecule has 1 unspecified atom stereocenters. The summed E-state index contributed by atoms with van der Waals surface area (Å²) in [5.74, 6) is 1.18. The molecule has 2 aromatic carbocycles. The molecule has 0 radical (unpaired) electrons. The second-order valence-electron chi connectivity index (χ2n) is 10.7. The van der Waals surface area contributed by atoms with Gasteiger partial charge in [0.15, 0.2) is 0 Å². The van der Waals surface area contributed by atoms with Crippen molar-refractivity contribution in [1.29, 1.82) is 0 Å². The maximum Gasteiger partial charge on any atom is 0.256 e. The first-order chi connectivity index (χ1) is 17.5. The molecule has 2 amide bonds. The van der Waals surface area contributed by atoms with E-state index in [0.29, 0.717) is 12.5 Å². The van der Waals surface area contributed by atoms with E-state index in [1.807, 2.05) is 52.3 Å². The van der Waals surface area contributed by atoms with Crippen molar-refractivity contribution in [2.45, 2.75) is 37.6 Å². The number of benzene rings is 2. The van der Waals surface area contributed by atoms with E-state index < -0.39 is 11.5 Å². The Kier molecular flexibility index (Phi) is 4.78. The Morgan fingerprint density at radius 2 is 1.72 bits per heavy atom. The number of aliphatic imine (C=N–C) groups is 1. The van der Waals surface area contributed by atoms with E-state index in [2.05, 4.69) is 4.98 Å². The van der Waals surface area contributed by atoms with Crippen LogP contribution in [0.4, 0.5) is 4.39 Å². The third kappa shape index (κ3) is 3.69. The summed E-state index contributed by atoms with van der Waals surface area (Å²) in [5.41, 5.74) is 2.37. The van der Waals surface area contributed by atoms with Crippen molar-refractivity contribution in [2.24, 2.45) is 16.8 Å². The molecule has 7 heteroatoms. The van der Waals surface area contributed by atoms with E-state index in [-0.39, 0.29) is 17.7 Å². The van der Waals surface area contributed by atoms with Gasteiger partial charge in [-0.3, -0.25) is 19.5 Å². The molecule has 3 aromatic rings. The number of rotatable bonds is 5. The molecule has 7 rings (SSSR count). The Hall–Kier alpha value is -3.61. The van der Waals surface area contributed by atoms with E-state index >= 15 is 0 Å². The van der Waals surface area contributed by atoms with Crippen molar-refractivity contribution in [2.75, 3.05) is 19.6 Å². The topological polar surface area (TPSA) is 65.9 Å². The van der Waals surface area contributed by atoms with E-state index in [0.717, 1.165) is 78.5 Å². The summed E-state index contributed by atoms with van der Waals surface area (Å²) < 4.78 is 13.6. The monoisotopic (exact) mass is 482 g/mol. The number of hydrogen-bond donors (Lipinski definition) is 0. The van der Waals surface area contributed by atoms with Crippen LogP contribution in [0.2, 0.25) is 0 Å². The summed E-state index contributed by atoms with van der Waals surface area (Å²) in [5, 5.41) is 1.70. The number of likely N-dealkylation sites (tertiary alicyclic amines) is 1. The van der Waals surface area contributed by atoms with Crippen LogP contribution in [-0.2, 0) is 9.59 Å². The molecule has 2 aliphatic carbocycles. The summed E-state index contributed by atoms with van der Waals surface area (Å²) in [6.45, 7) is 2.14. The minimum atomic E-state index is -0.563. The molecule has 36 heavy (non-hydrogen) atoms. The zero-order chi connectivity index (χ0) is 24.4. The number of amidine groups is 1. The van der Waals surface area contributed by atoms with Crippen molar-refractivity contribution in [1.82, 2.24) is 14.8 Å². The Morgan fingerprint density at radius 3 is 2.47 bits per heavy atom. The molecule has 6 nitrogen and oxygen atoms in total. The van der Waals surface area contributed by atoms with Crippen molar-refractivity contribution >= 4 is 28.4 Å². The molecule has 0 N–H and O–H groups in total. The number of aromatic nitrogens is 1. The van der Waals surface area contributed by atoms with E-state index in [9.17, 15) is 14.0 Å². The van der Waals surface area contributed by atoms with Gasteiger partial charge >= 0.3 is 0 Å². The first kappa shape index (κ1) is 21.7. The summed E-state index contributed by atoms with van der Waals surface area (Å²) in [6.07, 6.45) is 6.13. The molecule has 3 heterocycles. The lowest BCUT2D eigenvalue weighted by Crippen LogP contribution is -2.40. The number of amides is 2. The van der Waals surface area contributed by atoms with Gasteiger partial charge in [0.25, 0.3) is 5.91 Å². The number of halogens is 1. The fraction of sp³-hybridized carbons (Fsp3) is 0.379. The normalized spacial score (nSPS) is 22.5. The van der Waals surface area contributed by atoms with Crippen LogP contribution in [0.3, 0.4) is 0 Å². The third-order valence-corrected chi connectivity index (χ3v) is 8.07. The van der Waals surface area contributed by atoms with E-state index in [4.69, 9.17) is 4.99 Å². The average molecular weight is 483 g/mol. The van der Waals surface area contributed by atoms with Crippen LogP contribution in [0, 0.1) is 17.8 Å². The van der Waals surface area contributed by atoms with Crippen molar-refractivity contribution in [3.8, 4) is 11.1 Å². The second-order valence-corrected chi connectivity index (χ2v) is 10.7. The average Bonchev–Trinajstić information content (AvgIpc) is 3.82. The quantitative estimate of drug-likeness (QED) is 0.506. The molecular formula is C29H27FN4O2. The van der Waals surface area contributed by atoms with Gasteiger partial charge in [0, 0.05) is 48.8 Å².